The van der Waals surface area contributed by atoms with Gasteiger partial charge in [-0.1, -0.05) is 53.5 Å². The van der Waals surface area contributed by atoms with E-state index in [0.29, 0.717) is 10.7 Å². The molecule has 0 spiro atoms. The van der Waals surface area contributed by atoms with E-state index in [1.807, 2.05) is 30.3 Å². The summed E-state index contributed by atoms with van der Waals surface area (Å²) in [6.07, 6.45) is 0.241. The standard InChI is InChI=1S/C20H21Cl2N3O4/c1-2-29-18(26)12-23-20(28)25-17(10-13-6-4-3-5-7-13)19(27)24-16-9-8-14(21)11-15(16)22/h3-9,11,17H,2,10,12H2,1H3,(H,24,27)(H2,23,25,28). The van der Waals surface area contributed by atoms with E-state index >= 15 is 0 Å². The zero-order valence-electron chi connectivity index (χ0n) is 15.7. The molecule has 0 aromatic heterocycles. The molecule has 1 unspecified atom stereocenters. The number of nitrogens with one attached hydrogen (secondary N) is 3. The van der Waals surface area contributed by atoms with Crippen LogP contribution in [0.5, 0.6) is 0 Å². The Hall–Kier alpha value is -2.77. The van der Waals surface area contributed by atoms with Gasteiger partial charge in [-0.25, -0.2) is 4.79 Å². The fourth-order valence-corrected chi connectivity index (χ4v) is 2.90. The highest BCUT2D eigenvalue weighted by Crippen LogP contribution is 2.25. The highest BCUT2D eigenvalue weighted by atomic mass is 35.5. The highest BCUT2D eigenvalue weighted by molar-refractivity contribution is 6.36. The molecule has 2 aromatic carbocycles. The van der Waals surface area contributed by atoms with Crippen LogP contribution in [0.1, 0.15) is 12.5 Å². The molecule has 9 heteroatoms. The molecule has 1 atom stereocenters. The van der Waals surface area contributed by atoms with Crippen LogP contribution >= 0.6 is 23.2 Å². The molecule has 154 valence electrons. The maximum absolute atomic E-state index is 12.8. The van der Waals surface area contributed by atoms with Gasteiger partial charge in [-0.15, -0.1) is 0 Å². The van der Waals surface area contributed by atoms with Crippen LogP contribution in [0.15, 0.2) is 48.5 Å². The normalized spacial score (nSPS) is 11.3. The van der Waals surface area contributed by atoms with Crippen LogP contribution in [0.4, 0.5) is 10.5 Å². The number of hydrogen-bond donors (Lipinski definition) is 3. The van der Waals surface area contributed by atoms with Gasteiger partial charge in [-0.05, 0) is 30.7 Å². The van der Waals surface area contributed by atoms with Crippen molar-refractivity contribution in [1.29, 1.82) is 0 Å². The van der Waals surface area contributed by atoms with Gasteiger partial charge in [0.05, 0.1) is 17.3 Å². The third kappa shape index (κ3) is 7.63. The largest absolute Gasteiger partial charge is 0.465 e. The van der Waals surface area contributed by atoms with Crippen LogP contribution in [0.25, 0.3) is 0 Å². The molecular formula is C20H21Cl2N3O4. The van der Waals surface area contributed by atoms with Crippen molar-refractivity contribution in [3.8, 4) is 0 Å². The number of benzene rings is 2. The van der Waals surface area contributed by atoms with E-state index in [2.05, 4.69) is 16.0 Å². The number of carbonyl (C=O) groups excluding carboxylic acids is 3. The van der Waals surface area contributed by atoms with Crippen LogP contribution in [-0.2, 0) is 20.7 Å². The second kappa shape index (κ2) is 11.3. The summed E-state index contributed by atoms with van der Waals surface area (Å²) in [6, 6.07) is 12.3. The lowest BCUT2D eigenvalue weighted by molar-refractivity contribution is -0.141. The van der Waals surface area contributed by atoms with E-state index in [-0.39, 0.29) is 24.6 Å². The Balaban J connectivity index is 2.08. The molecule has 29 heavy (non-hydrogen) atoms. The Morgan fingerprint density at radius 1 is 1.07 bits per heavy atom. The molecule has 0 aliphatic rings. The number of anilines is 1. The predicted octanol–water partition coefficient (Wildman–Crippen LogP) is 3.41. The Kier molecular flexibility index (Phi) is 8.76. The molecule has 0 bridgehead atoms. The first-order valence-corrected chi connectivity index (χ1v) is 9.64. The number of urea groups is 1. The smallest absolute Gasteiger partial charge is 0.325 e. The van der Waals surface area contributed by atoms with E-state index in [1.165, 1.54) is 6.07 Å². The van der Waals surface area contributed by atoms with Gasteiger partial charge in [0.2, 0.25) is 5.91 Å². The summed E-state index contributed by atoms with van der Waals surface area (Å²) < 4.78 is 4.76. The van der Waals surface area contributed by atoms with Gasteiger partial charge in [0.15, 0.2) is 0 Å². The molecule has 0 saturated heterocycles. The summed E-state index contributed by atoms with van der Waals surface area (Å²) in [4.78, 5) is 36.4. The number of carbonyl (C=O) groups is 3. The highest BCUT2D eigenvalue weighted by Gasteiger charge is 2.22. The molecule has 7 nitrogen and oxygen atoms in total. The lowest BCUT2D eigenvalue weighted by Crippen LogP contribution is -2.50. The van der Waals surface area contributed by atoms with Gasteiger partial charge in [0.25, 0.3) is 0 Å². The van der Waals surface area contributed by atoms with Crippen molar-refractivity contribution in [2.24, 2.45) is 0 Å². The van der Waals surface area contributed by atoms with Crippen LogP contribution in [0.3, 0.4) is 0 Å². The quantitative estimate of drug-likeness (QED) is 0.551. The number of ether oxygens (including phenoxy) is 1. The molecule has 0 fully saturated rings. The first-order valence-electron chi connectivity index (χ1n) is 8.89. The molecule has 2 aromatic rings. The van der Waals surface area contributed by atoms with Gasteiger partial charge < -0.3 is 20.7 Å². The van der Waals surface area contributed by atoms with Crippen molar-refractivity contribution in [3.05, 3.63) is 64.1 Å². The summed E-state index contributed by atoms with van der Waals surface area (Å²) in [5.41, 5.74) is 1.22. The Labute approximate surface area is 178 Å². The van der Waals surface area contributed by atoms with Crippen molar-refractivity contribution in [2.75, 3.05) is 18.5 Å². The fraction of sp³-hybridized carbons (Fsp3) is 0.250. The maximum atomic E-state index is 12.8. The van der Waals surface area contributed by atoms with E-state index in [0.717, 1.165) is 5.56 Å². The third-order valence-electron chi connectivity index (χ3n) is 3.79. The summed E-state index contributed by atoms with van der Waals surface area (Å²) in [5, 5.41) is 8.34. The van der Waals surface area contributed by atoms with Gasteiger partial charge in [0.1, 0.15) is 12.6 Å². The molecule has 0 heterocycles. The van der Waals surface area contributed by atoms with E-state index in [1.54, 1.807) is 19.1 Å². The van der Waals surface area contributed by atoms with Crippen LogP contribution in [-0.4, -0.2) is 37.1 Å². The molecular weight excluding hydrogens is 417 g/mol. The number of amides is 3. The number of halogens is 2. The Morgan fingerprint density at radius 3 is 2.45 bits per heavy atom. The van der Waals surface area contributed by atoms with Crippen molar-refractivity contribution in [2.45, 2.75) is 19.4 Å². The molecule has 3 N–H and O–H groups in total. The van der Waals surface area contributed by atoms with E-state index < -0.39 is 23.9 Å². The second-order valence-electron chi connectivity index (χ2n) is 5.99. The summed E-state index contributed by atoms with van der Waals surface area (Å²) in [5.74, 6) is -1.04. The predicted molar refractivity (Wildman–Crippen MR) is 112 cm³/mol. The number of esters is 1. The minimum Gasteiger partial charge on any atom is -0.465 e. The zero-order valence-corrected chi connectivity index (χ0v) is 17.2. The van der Waals surface area contributed by atoms with Gasteiger partial charge >= 0.3 is 12.0 Å². The van der Waals surface area contributed by atoms with Gasteiger partial charge in [-0.2, -0.15) is 0 Å². The zero-order chi connectivity index (χ0) is 21.2. The van der Waals surface area contributed by atoms with Gasteiger partial charge in [0, 0.05) is 11.4 Å². The summed E-state index contributed by atoms with van der Waals surface area (Å²) in [7, 11) is 0. The molecule has 0 saturated carbocycles. The topological polar surface area (TPSA) is 96.5 Å². The van der Waals surface area contributed by atoms with Gasteiger partial charge in [-0.3, -0.25) is 9.59 Å². The molecule has 0 aliphatic carbocycles. The lowest BCUT2D eigenvalue weighted by Gasteiger charge is -2.19. The summed E-state index contributed by atoms with van der Waals surface area (Å²) >= 11 is 12.0. The minimum absolute atomic E-state index is 0.211. The van der Waals surface area contributed by atoms with Crippen molar-refractivity contribution >= 4 is 46.8 Å². The second-order valence-corrected chi connectivity index (χ2v) is 6.83. The average molecular weight is 438 g/mol. The van der Waals surface area contributed by atoms with Crippen molar-refractivity contribution < 1.29 is 19.1 Å². The molecule has 2 rings (SSSR count). The third-order valence-corrected chi connectivity index (χ3v) is 4.34. The Morgan fingerprint density at radius 2 is 1.79 bits per heavy atom. The maximum Gasteiger partial charge on any atom is 0.325 e. The number of rotatable bonds is 8. The van der Waals surface area contributed by atoms with Crippen LogP contribution in [0, 0.1) is 0 Å². The SMILES string of the molecule is CCOC(=O)CNC(=O)NC(Cc1ccccc1)C(=O)Nc1ccc(Cl)cc1Cl. The van der Waals surface area contributed by atoms with Crippen LogP contribution < -0.4 is 16.0 Å². The molecule has 0 radical (unpaired) electrons. The van der Waals surface area contributed by atoms with Crippen molar-refractivity contribution in [3.63, 3.8) is 0 Å². The first kappa shape index (κ1) is 22.5. The fourth-order valence-electron chi connectivity index (χ4n) is 2.44. The van der Waals surface area contributed by atoms with E-state index in [9.17, 15) is 14.4 Å². The lowest BCUT2D eigenvalue weighted by atomic mass is 10.1. The molecule has 0 aliphatic heterocycles. The summed E-state index contributed by atoms with van der Waals surface area (Å²) in [6.45, 7) is 1.57. The van der Waals surface area contributed by atoms with Crippen molar-refractivity contribution in [1.82, 2.24) is 10.6 Å². The van der Waals surface area contributed by atoms with E-state index in [4.69, 9.17) is 27.9 Å². The average Bonchev–Trinajstić information content (AvgIpc) is 2.69. The minimum atomic E-state index is -0.911. The van der Waals surface area contributed by atoms with Crippen LogP contribution in [0.2, 0.25) is 10.0 Å². The first-order chi connectivity index (χ1) is 13.9. The monoisotopic (exact) mass is 437 g/mol. The number of hydrogen-bond acceptors (Lipinski definition) is 4. The Bertz CT molecular complexity index is 862. The molecule has 3 amide bonds.